The molecule has 0 amide bonds. The predicted molar refractivity (Wildman–Crippen MR) is 86.1 cm³/mol. The van der Waals surface area contributed by atoms with Crippen LogP contribution in [0, 0.1) is 0 Å². The van der Waals surface area contributed by atoms with Gasteiger partial charge in [0.05, 0.1) is 10.0 Å². The number of phenols is 1. The molecular formula is C16H17Cl2NO. The van der Waals surface area contributed by atoms with Crippen LogP contribution in [0.5, 0.6) is 5.75 Å². The molecule has 2 aromatic carbocycles. The van der Waals surface area contributed by atoms with Gasteiger partial charge in [0.15, 0.2) is 5.75 Å². The fourth-order valence-corrected chi connectivity index (χ4v) is 2.54. The molecule has 0 bridgehead atoms. The average molecular weight is 310 g/mol. The highest BCUT2D eigenvalue weighted by atomic mass is 35.5. The molecular weight excluding hydrogens is 293 g/mol. The Morgan fingerprint density at radius 2 is 1.70 bits per heavy atom. The van der Waals surface area contributed by atoms with Crippen LogP contribution in [0.1, 0.15) is 24.8 Å². The van der Waals surface area contributed by atoms with E-state index in [0.717, 1.165) is 18.7 Å². The first-order valence-corrected chi connectivity index (χ1v) is 7.30. The summed E-state index contributed by atoms with van der Waals surface area (Å²) < 4.78 is 0. The Labute approximate surface area is 129 Å². The molecule has 20 heavy (non-hydrogen) atoms. The Bertz CT molecular complexity index is 549. The van der Waals surface area contributed by atoms with E-state index in [0.29, 0.717) is 5.92 Å². The van der Waals surface area contributed by atoms with Gasteiger partial charge >= 0.3 is 0 Å². The van der Waals surface area contributed by atoms with Crippen LogP contribution in [0.3, 0.4) is 0 Å². The molecule has 106 valence electrons. The molecule has 0 heterocycles. The maximum absolute atomic E-state index is 9.50. The topological polar surface area (TPSA) is 32.3 Å². The van der Waals surface area contributed by atoms with Crippen molar-refractivity contribution in [3.63, 3.8) is 0 Å². The van der Waals surface area contributed by atoms with Crippen LogP contribution in [0.15, 0.2) is 42.5 Å². The standard InChI is InChI=1S/C16H17Cl2NO/c1-11(12-5-3-2-4-6-12)7-8-19-13-9-14(17)16(20)15(18)10-13/h2-6,9-11,19-20H,7-8H2,1H3. The van der Waals surface area contributed by atoms with Crippen molar-refractivity contribution in [1.82, 2.24) is 0 Å². The molecule has 0 fully saturated rings. The number of halogens is 2. The van der Waals surface area contributed by atoms with Crippen LogP contribution in [0.2, 0.25) is 10.0 Å². The van der Waals surface area contributed by atoms with Gasteiger partial charge in [0.2, 0.25) is 0 Å². The number of rotatable bonds is 5. The van der Waals surface area contributed by atoms with E-state index in [1.54, 1.807) is 12.1 Å². The van der Waals surface area contributed by atoms with Gasteiger partial charge in [-0.25, -0.2) is 0 Å². The lowest BCUT2D eigenvalue weighted by Crippen LogP contribution is -2.06. The van der Waals surface area contributed by atoms with Crippen molar-refractivity contribution in [1.29, 1.82) is 0 Å². The van der Waals surface area contributed by atoms with Gasteiger partial charge in [-0.2, -0.15) is 0 Å². The molecule has 0 radical (unpaired) electrons. The van der Waals surface area contributed by atoms with Crippen molar-refractivity contribution in [3.8, 4) is 5.75 Å². The van der Waals surface area contributed by atoms with E-state index in [9.17, 15) is 5.11 Å². The van der Waals surface area contributed by atoms with Crippen molar-refractivity contribution in [2.75, 3.05) is 11.9 Å². The fourth-order valence-electron chi connectivity index (χ4n) is 2.05. The molecule has 0 saturated carbocycles. The van der Waals surface area contributed by atoms with Crippen molar-refractivity contribution in [2.24, 2.45) is 0 Å². The maximum atomic E-state index is 9.50. The molecule has 2 rings (SSSR count). The highest BCUT2D eigenvalue weighted by molar-refractivity contribution is 6.37. The molecule has 0 aliphatic carbocycles. The summed E-state index contributed by atoms with van der Waals surface area (Å²) in [5.74, 6) is 0.406. The summed E-state index contributed by atoms with van der Waals surface area (Å²) >= 11 is 11.8. The number of anilines is 1. The first-order chi connectivity index (χ1) is 9.58. The number of hydrogen-bond acceptors (Lipinski definition) is 2. The number of benzene rings is 2. The highest BCUT2D eigenvalue weighted by Crippen LogP contribution is 2.34. The summed E-state index contributed by atoms with van der Waals surface area (Å²) in [6, 6.07) is 13.8. The zero-order chi connectivity index (χ0) is 14.5. The molecule has 0 spiro atoms. The van der Waals surface area contributed by atoms with Gasteiger partial charge in [0.25, 0.3) is 0 Å². The van der Waals surface area contributed by atoms with Crippen molar-refractivity contribution in [3.05, 3.63) is 58.1 Å². The number of nitrogens with one attached hydrogen (secondary N) is 1. The van der Waals surface area contributed by atoms with Crippen LogP contribution in [-0.2, 0) is 0 Å². The van der Waals surface area contributed by atoms with Crippen molar-refractivity contribution in [2.45, 2.75) is 19.3 Å². The molecule has 2 nitrogen and oxygen atoms in total. The minimum atomic E-state index is -0.0727. The zero-order valence-electron chi connectivity index (χ0n) is 11.2. The molecule has 0 saturated heterocycles. The lowest BCUT2D eigenvalue weighted by molar-refractivity contribution is 0.476. The predicted octanol–water partition coefficient (Wildman–Crippen LogP) is 5.30. The summed E-state index contributed by atoms with van der Waals surface area (Å²) in [6.45, 7) is 3.02. The van der Waals surface area contributed by atoms with Gasteiger partial charge in [-0.05, 0) is 30.0 Å². The zero-order valence-corrected chi connectivity index (χ0v) is 12.7. The van der Waals surface area contributed by atoms with E-state index in [4.69, 9.17) is 23.2 Å². The molecule has 1 atom stereocenters. The van der Waals surface area contributed by atoms with E-state index in [2.05, 4.69) is 36.5 Å². The number of aromatic hydroxyl groups is 1. The number of hydrogen-bond donors (Lipinski definition) is 2. The van der Waals surface area contributed by atoms with Gasteiger partial charge in [-0.3, -0.25) is 0 Å². The monoisotopic (exact) mass is 309 g/mol. The quantitative estimate of drug-likeness (QED) is 0.734. The Balaban J connectivity index is 1.90. The van der Waals surface area contributed by atoms with Gasteiger partial charge in [0, 0.05) is 12.2 Å². The molecule has 4 heteroatoms. The van der Waals surface area contributed by atoms with Gasteiger partial charge in [-0.15, -0.1) is 0 Å². The summed E-state index contributed by atoms with van der Waals surface area (Å²) in [5, 5.41) is 13.3. The Hall–Kier alpha value is -1.38. The van der Waals surface area contributed by atoms with Crippen molar-refractivity contribution >= 4 is 28.9 Å². The third-order valence-electron chi connectivity index (χ3n) is 3.29. The lowest BCUT2D eigenvalue weighted by atomic mass is 9.98. The summed E-state index contributed by atoms with van der Waals surface area (Å²) in [7, 11) is 0. The summed E-state index contributed by atoms with van der Waals surface area (Å²) in [6.07, 6.45) is 1.00. The van der Waals surface area contributed by atoms with Gasteiger partial charge in [0.1, 0.15) is 0 Å². The molecule has 0 aromatic heterocycles. The lowest BCUT2D eigenvalue weighted by Gasteiger charge is -2.13. The van der Waals surface area contributed by atoms with E-state index in [1.807, 2.05) is 6.07 Å². The first-order valence-electron chi connectivity index (χ1n) is 6.54. The Morgan fingerprint density at radius 3 is 2.30 bits per heavy atom. The van der Waals surface area contributed by atoms with Crippen molar-refractivity contribution < 1.29 is 5.11 Å². The van der Waals surface area contributed by atoms with Crippen LogP contribution < -0.4 is 5.32 Å². The van der Waals surface area contributed by atoms with Gasteiger partial charge < -0.3 is 10.4 Å². The van der Waals surface area contributed by atoms with E-state index < -0.39 is 0 Å². The SMILES string of the molecule is CC(CCNc1cc(Cl)c(O)c(Cl)c1)c1ccccc1. The first kappa shape index (κ1) is 15.0. The fraction of sp³-hybridized carbons (Fsp3) is 0.250. The maximum Gasteiger partial charge on any atom is 0.152 e. The molecule has 0 aliphatic heterocycles. The minimum Gasteiger partial charge on any atom is -0.505 e. The highest BCUT2D eigenvalue weighted by Gasteiger charge is 2.08. The second-order valence-electron chi connectivity index (χ2n) is 4.82. The Kier molecular flexibility index (Phi) is 5.16. The average Bonchev–Trinajstić information content (AvgIpc) is 2.45. The molecule has 2 aromatic rings. The largest absolute Gasteiger partial charge is 0.505 e. The van der Waals surface area contributed by atoms with Crippen LogP contribution in [-0.4, -0.2) is 11.7 Å². The van der Waals surface area contributed by atoms with E-state index >= 15 is 0 Å². The van der Waals surface area contributed by atoms with Crippen LogP contribution >= 0.6 is 23.2 Å². The van der Waals surface area contributed by atoms with Crippen LogP contribution in [0.25, 0.3) is 0 Å². The van der Waals surface area contributed by atoms with E-state index in [-0.39, 0.29) is 15.8 Å². The third-order valence-corrected chi connectivity index (χ3v) is 3.87. The summed E-state index contributed by atoms with van der Waals surface area (Å²) in [5.41, 5.74) is 2.15. The Morgan fingerprint density at radius 1 is 1.10 bits per heavy atom. The van der Waals surface area contributed by atoms with Gasteiger partial charge in [-0.1, -0.05) is 60.5 Å². The van der Waals surface area contributed by atoms with Crippen LogP contribution in [0.4, 0.5) is 5.69 Å². The smallest absolute Gasteiger partial charge is 0.152 e. The third kappa shape index (κ3) is 3.81. The normalized spacial score (nSPS) is 12.2. The second kappa shape index (κ2) is 6.87. The molecule has 1 unspecified atom stereocenters. The second-order valence-corrected chi connectivity index (χ2v) is 5.63. The summed E-state index contributed by atoms with van der Waals surface area (Å²) in [4.78, 5) is 0. The molecule has 0 aliphatic rings. The van der Waals surface area contributed by atoms with E-state index in [1.165, 1.54) is 5.56 Å². The molecule has 2 N–H and O–H groups in total. The number of phenolic OH excluding ortho intramolecular Hbond substituents is 1. The minimum absolute atomic E-state index is 0.0727.